The van der Waals surface area contributed by atoms with Crippen molar-refractivity contribution in [2.24, 2.45) is 0 Å². The van der Waals surface area contributed by atoms with E-state index in [-0.39, 0.29) is 174 Å². The van der Waals surface area contributed by atoms with Crippen molar-refractivity contribution in [3.63, 3.8) is 0 Å². The molecule has 0 rings (SSSR count). The summed E-state index contributed by atoms with van der Waals surface area (Å²) in [5, 5.41) is 0. The topological polar surface area (TPSA) is 214 Å². The first-order chi connectivity index (χ1) is 0. The Hall–Kier alpha value is 3.97. The maximum Gasteiger partial charge on any atom is 4.00 e. The van der Waals surface area contributed by atoms with Gasteiger partial charge in [-0.15, -0.1) is 0 Å². The predicted octanol–water partition coefficient (Wildman–Crippen LogP) is 0.871. The standard InChI is InChI=1S/3Al.7N.3Zr/q3*+3;7*-3;3*+4. The average Bonchev–Trinajstić information content (AvgIpc) is 0. The van der Waals surface area contributed by atoms with Crippen molar-refractivity contribution in [2.75, 3.05) is 0 Å². The largest absolute Gasteiger partial charge is 4.00 e. The van der Waals surface area contributed by atoms with Gasteiger partial charge in [-0.1, -0.05) is 0 Å². The van der Waals surface area contributed by atoms with Gasteiger partial charge in [0.15, 0.2) is 0 Å². The third-order valence-electron chi connectivity index (χ3n) is 0. The Morgan fingerprint density at radius 2 is 0.231 bits per heavy atom. The zero-order valence-corrected chi connectivity index (χ0v) is 17.2. The first-order valence-corrected chi connectivity index (χ1v) is 0. The number of hydrogen-bond acceptors (Lipinski definition) is 0. The van der Waals surface area contributed by atoms with Gasteiger partial charge in [-0.3, -0.25) is 0 Å². The van der Waals surface area contributed by atoms with E-state index in [4.69, 9.17) is 0 Å². The van der Waals surface area contributed by atoms with Gasteiger partial charge in [-0.25, -0.2) is 0 Å². The minimum absolute atomic E-state index is 0. The van der Waals surface area contributed by atoms with E-state index < -0.39 is 0 Å². The summed E-state index contributed by atoms with van der Waals surface area (Å²) in [6.07, 6.45) is 0. The van der Waals surface area contributed by atoms with Crippen molar-refractivity contribution in [2.45, 2.75) is 0 Å². The van der Waals surface area contributed by atoms with Gasteiger partial charge < -0.3 is 43.1 Å². The summed E-state index contributed by atoms with van der Waals surface area (Å²) in [6.45, 7) is 0. The molecule has 0 N–H and O–H groups in total. The molecule has 0 aliphatic carbocycles. The van der Waals surface area contributed by atoms with Crippen LogP contribution in [0.4, 0.5) is 0 Å². The molecule has 0 radical (unpaired) electrons. The molecule has 0 atom stereocenters. The summed E-state index contributed by atoms with van der Waals surface area (Å²) in [5.41, 5.74) is 0. The first-order valence-electron chi connectivity index (χ1n) is 0. The molecule has 0 heterocycles. The zero-order valence-electron chi connectivity index (χ0n) is 6.36. The van der Waals surface area contributed by atoms with Crippen LogP contribution in [0, 0.1) is 0 Å². The first kappa shape index (κ1) is 275. The van der Waals surface area contributed by atoms with E-state index in [0.717, 1.165) is 0 Å². The van der Waals surface area contributed by atoms with Gasteiger partial charge in [0.2, 0.25) is 0 Å². The van der Waals surface area contributed by atoms with Crippen LogP contribution in [-0.4, -0.2) is 52.1 Å². The summed E-state index contributed by atoms with van der Waals surface area (Å²) in [6, 6.07) is 0. The Morgan fingerprint density at radius 3 is 0.231 bits per heavy atom. The molecule has 0 aliphatic rings. The number of hydrogen-bond donors (Lipinski definition) is 0. The maximum atomic E-state index is 0. The summed E-state index contributed by atoms with van der Waals surface area (Å²) >= 11 is 0. The molecule has 0 amide bonds. The summed E-state index contributed by atoms with van der Waals surface area (Å²) < 4.78 is 0. The van der Waals surface area contributed by atoms with Crippen LogP contribution in [-0.2, 0) is 78.6 Å². The van der Waals surface area contributed by atoms with Gasteiger partial charge in [0.25, 0.3) is 0 Å². The molecule has 0 unspecified atom stereocenters. The van der Waals surface area contributed by atoms with Gasteiger partial charge in [-0.2, -0.15) is 0 Å². The van der Waals surface area contributed by atoms with E-state index >= 15 is 0 Å². The van der Waals surface area contributed by atoms with E-state index in [1.807, 2.05) is 0 Å². The molecule has 56 valence electrons. The van der Waals surface area contributed by atoms with Gasteiger partial charge in [-0.05, 0) is 0 Å². The fourth-order valence-electron chi connectivity index (χ4n) is 0. The molecule has 13 heavy (non-hydrogen) atoms. The maximum absolute atomic E-state index is 0. The Morgan fingerprint density at radius 1 is 0.231 bits per heavy atom. The van der Waals surface area contributed by atoms with Crippen LogP contribution in [0.5, 0.6) is 0 Å². The molecule has 13 heteroatoms. The smallest absolute Gasteiger partial charge is 3.00 e. The Kier molecular flexibility index (Phi) is 4810. The molecule has 0 aromatic rings. The molecule has 0 aromatic heterocycles. The van der Waals surface area contributed by atoms with E-state index in [1.165, 1.54) is 0 Å². The summed E-state index contributed by atoms with van der Waals surface area (Å²) in [7, 11) is 0. The second kappa shape index (κ2) is 227. The van der Waals surface area contributed by atoms with Gasteiger partial charge >= 0.3 is 131 Å². The van der Waals surface area contributed by atoms with E-state index in [2.05, 4.69) is 0 Å². The minimum Gasteiger partial charge on any atom is -3.00 e. The molecular weight excluding hydrogens is 453 g/mol. The van der Waals surface area contributed by atoms with Crippen LogP contribution < -0.4 is 0 Å². The Bertz CT molecular complexity index is 18.9. The Labute approximate surface area is 171 Å². The molecule has 0 spiro atoms. The quantitative estimate of drug-likeness (QED) is 0.468. The second-order valence-electron chi connectivity index (χ2n) is 0. The molecule has 0 saturated heterocycles. The predicted molar refractivity (Wildman–Crippen MR) is 40.8 cm³/mol. The molecule has 0 fully saturated rings. The molecule has 7 nitrogen and oxygen atoms in total. The van der Waals surface area contributed by atoms with Gasteiger partial charge in [0.05, 0.1) is 0 Å². The molecule has 0 aliphatic heterocycles. The number of nitrogens with zero attached hydrogens (tertiary/aromatic N) is 7. The van der Waals surface area contributed by atoms with Gasteiger partial charge in [0, 0.05) is 0 Å². The third-order valence-corrected chi connectivity index (χ3v) is 0. The van der Waals surface area contributed by atoms with Crippen molar-refractivity contribution < 1.29 is 78.6 Å². The van der Waals surface area contributed by atoms with Crippen LogP contribution in [0.3, 0.4) is 0 Å². The molecule has 0 saturated carbocycles. The summed E-state index contributed by atoms with van der Waals surface area (Å²) in [4.78, 5) is 0. The second-order valence-corrected chi connectivity index (χ2v) is 0. The molecule has 0 aromatic carbocycles. The van der Waals surface area contributed by atoms with Crippen LogP contribution in [0.15, 0.2) is 0 Å². The van der Waals surface area contributed by atoms with Crippen molar-refractivity contribution in [3.8, 4) is 0 Å². The molecule has 0 bridgehead atoms. The van der Waals surface area contributed by atoms with Crippen LogP contribution in [0.25, 0.3) is 43.1 Å². The van der Waals surface area contributed by atoms with Crippen molar-refractivity contribution in [1.82, 2.24) is 0 Å². The van der Waals surface area contributed by atoms with E-state index in [1.54, 1.807) is 0 Å². The van der Waals surface area contributed by atoms with Crippen molar-refractivity contribution in [3.05, 3.63) is 43.1 Å². The fourth-order valence-corrected chi connectivity index (χ4v) is 0. The average molecular weight is 453 g/mol. The fraction of sp³-hybridized carbons (Fsp3) is 0. The normalized spacial score (nSPS) is 0. The monoisotopic (exact) mass is 449 g/mol. The minimum atomic E-state index is 0. The zero-order chi connectivity index (χ0) is 0. The van der Waals surface area contributed by atoms with Crippen LogP contribution >= 0.6 is 0 Å². The van der Waals surface area contributed by atoms with Crippen LogP contribution in [0.2, 0.25) is 0 Å². The third kappa shape index (κ3) is 198. The van der Waals surface area contributed by atoms with Gasteiger partial charge in [0.1, 0.15) is 0 Å². The van der Waals surface area contributed by atoms with E-state index in [0.29, 0.717) is 0 Å². The summed E-state index contributed by atoms with van der Waals surface area (Å²) in [5.74, 6) is 0. The number of rotatable bonds is 0. The SMILES string of the molecule is [Al+3].[Al+3].[Al+3].[N-3].[N-3].[N-3].[N-3].[N-3].[N-3].[N-3].[Zr+4].[Zr+4].[Zr+4]. The van der Waals surface area contributed by atoms with E-state index in [9.17, 15) is 0 Å². The Balaban J connectivity index is 0. The van der Waals surface area contributed by atoms with Crippen molar-refractivity contribution >= 4 is 52.1 Å². The van der Waals surface area contributed by atoms with Crippen LogP contribution in [0.1, 0.15) is 0 Å². The molecular formula is Al3N7Zr3. The van der Waals surface area contributed by atoms with Crippen molar-refractivity contribution in [1.29, 1.82) is 0 Å².